The van der Waals surface area contributed by atoms with Gasteiger partial charge < -0.3 is 4.90 Å². The lowest BCUT2D eigenvalue weighted by molar-refractivity contribution is -0.125. The monoisotopic (exact) mass is 341 g/mol. The van der Waals surface area contributed by atoms with Crippen LogP contribution in [0.5, 0.6) is 0 Å². The highest BCUT2D eigenvalue weighted by Crippen LogP contribution is 2.27. The van der Waals surface area contributed by atoms with Crippen molar-refractivity contribution < 1.29 is 9.59 Å². The fraction of sp³-hybridized carbons (Fsp3) is 0.550. The van der Waals surface area contributed by atoms with Gasteiger partial charge in [-0.2, -0.15) is 5.10 Å². The van der Waals surface area contributed by atoms with Crippen LogP contribution in [0.2, 0.25) is 0 Å². The van der Waals surface area contributed by atoms with E-state index in [0.717, 1.165) is 29.7 Å². The molecule has 134 valence electrons. The highest BCUT2D eigenvalue weighted by atomic mass is 16.2. The smallest absolute Gasteiger partial charge is 0.270 e. The summed E-state index contributed by atoms with van der Waals surface area (Å²) in [6.45, 7) is 3.95. The Morgan fingerprint density at radius 2 is 1.88 bits per heavy atom. The van der Waals surface area contributed by atoms with E-state index in [1.807, 2.05) is 44.0 Å². The summed E-state index contributed by atoms with van der Waals surface area (Å²) in [4.78, 5) is 27.1. The summed E-state index contributed by atoms with van der Waals surface area (Å²) < 4.78 is 0. The molecule has 1 heterocycles. The maximum atomic E-state index is 12.9. The van der Waals surface area contributed by atoms with Gasteiger partial charge in [0.25, 0.3) is 5.91 Å². The fourth-order valence-corrected chi connectivity index (χ4v) is 3.68. The second-order valence-corrected chi connectivity index (χ2v) is 7.25. The third-order valence-corrected chi connectivity index (χ3v) is 5.32. The zero-order valence-electron chi connectivity index (χ0n) is 15.4. The van der Waals surface area contributed by atoms with E-state index in [0.29, 0.717) is 24.6 Å². The molecule has 0 N–H and O–H groups in total. The highest BCUT2D eigenvalue weighted by Gasteiger charge is 2.30. The number of carbonyl (C=O) groups excluding carboxylic acids is 2. The molecule has 0 atom stereocenters. The number of rotatable bonds is 3. The number of hydrogen-bond acceptors (Lipinski definition) is 3. The number of hydrazone groups is 1. The Bertz CT molecular complexity index is 705. The van der Waals surface area contributed by atoms with Gasteiger partial charge in [0.15, 0.2) is 0 Å². The van der Waals surface area contributed by atoms with Crippen LogP contribution < -0.4 is 5.01 Å². The van der Waals surface area contributed by atoms with Gasteiger partial charge >= 0.3 is 0 Å². The Hall–Kier alpha value is -2.17. The predicted octanol–water partition coefficient (Wildman–Crippen LogP) is 3.58. The Morgan fingerprint density at radius 3 is 2.60 bits per heavy atom. The van der Waals surface area contributed by atoms with Gasteiger partial charge in [-0.3, -0.25) is 9.59 Å². The molecule has 5 heteroatoms. The van der Waals surface area contributed by atoms with E-state index in [4.69, 9.17) is 0 Å². The summed E-state index contributed by atoms with van der Waals surface area (Å²) in [5.74, 6) is -0.0831. The molecule has 2 aliphatic rings. The van der Waals surface area contributed by atoms with Crippen molar-refractivity contribution >= 4 is 23.2 Å². The first-order chi connectivity index (χ1) is 12.0. The van der Waals surface area contributed by atoms with Crippen molar-refractivity contribution in [1.29, 1.82) is 0 Å². The third kappa shape index (κ3) is 3.75. The molecule has 1 aromatic carbocycles. The molecule has 1 saturated carbocycles. The first-order valence-electron chi connectivity index (χ1n) is 9.22. The van der Waals surface area contributed by atoms with Gasteiger partial charge in [-0.25, -0.2) is 5.01 Å². The average Bonchev–Trinajstić information content (AvgIpc) is 2.64. The molecule has 25 heavy (non-hydrogen) atoms. The standard InChI is InChI=1S/C20H27N3O2/c1-14-9-10-15(2)18(13-14)23-19(24)12-11-17(21-23)20(25)22(3)16-7-5-4-6-8-16/h9-10,13,16H,4-8,11-12H2,1-3H3. The van der Waals surface area contributed by atoms with E-state index in [-0.39, 0.29) is 11.8 Å². The van der Waals surface area contributed by atoms with Gasteiger partial charge in [0, 0.05) is 25.9 Å². The van der Waals surface area contributed by atoms with Gasteiger partial charge in [-0.15, -0.1) is 0 Å². The molecule has 0 spiro atoms. The van der Waals surface area contributed by atoms with Gasteiger partial charge in [0.05, 0.1) is 5.69 Å². The molecule has 2 amide bonds. The second kappa shape index (κ2) is 7.38. The summed E-state index contributed by atoms with van der Waals surface area (Å²) in [6, 6.07) is 6.25. The highest BCUT2D eigenvalue weighted by molar-refractivity contribution is 6.40. The van der Waals surface area contributed by atoms with Gasteiger partial charge in [0.1, 0.15) is 5.71 Å². The normalized spacial score (nSPS) is 18.9. The molecule has 1 aromatic rings. The van der Waals surface area contributed by atoms with E-state index in [1.54, 1.807) is 0 Å². The molecule has 0 saturated heterocycles. The number of anilines is 1. The van der Waals surface area contributed by atoms with Crippen LogP contribution in [-0.2, 0) is 9.59 Å². The molecule has 1 fully saturated rings. The summed E-state index contributed by atoms with van der Waals surface area (Å²) >= 11 is 0. The summed E-state index contributed by atoms with van der Waals surface area (Å²) in [5.41, 5.74) is 3.32. The van der Waals surface area contributed by atoms with Crippen LogP contribution in [0.3, 0.4) is 0 Å². The Morgan fingerprint density at radius 1 is 1.16 bits per heavy atom. The number of aryl methyl sites for hydroxylation is 2. The maximum Gasteiger partial charge on any atom is 0.270 e. The molecule has 0 aromatic heterocycles. The van der Waals surface area contributed by atoms with Crippen LogP contribution in [0, 0.1) is 13.8 Å². The number of carbonyl (C=O) groups is 2. The first kappa shape index (κ1) is 17.6. The summed E-state index contributed by atoms with van der Waals surface area (Å²) in [6.07, 6.45) is 6.51. The van der Waals surface area contributed by atoms with Crippen LogP contribution in [0.1, 0.15) is 56.1 Å². The lowest BCUT2D eigenvalue weighted by atomic mass is 9.94. The minimum atomic E-state index is -0.0504. The molecule has 1 aliphatic heterocycles. The number of hydrogen-bond donors (Lipinski definition) is 0. The minimum absolute atomic E-state index is 0.0327. The SMILES string of the molecule is Cc1ccc(C)c(N2N=C(C(=O)N(C)C3CCCCC3)CCC2=O)c1. The largest absolute Gasteiger partial charge is 0.338 e. The lowest BCUT2D eigenvalue weighted by Crippen LogP contribution is -2.45. The quantitative estimate of drug-likeness (QED) is 0.844. The van der Waals surface area contributed by atoms with Crippen LogP contribution >= 0.6 is 0 Å². The number of benzene rings is 1. The van der Waals surface area contributed by atoms with Gasteiger partial charge in [0.2, 0.25) is 5.91 Å². The average molecular weight is 341 g/mol. The minimum Gasteiger partial charge on any atom is -0.338 e. The Labute approximate surface area is 149 Å². The third-order valence-electron chi connectivity index (χ3n) is 5.32. The Balaban J connectivity index is 1.85. The summed E-state index contributed by atoms with van der Waals surface area (Å²) in [7, 11) is 1.87. The predicted molar refractivity (Wildman–Crippen MR) is 99.7 cm³/mol. The van der Waals surface area contributed by atoms with E-state index >= 15 is 0 Å². The van der Waals surface area contributed by atoms with Crippen LogP contribution in [0.25, 0.3) is 0 Å². The number of amides is 2. The number of nitrogens with zero attached hydrogens (tertiary/aromatic N) is 3. The molecular formula is C20H27N3O2. The zero-order valence-corrected chi connectivity index (χ0v) is 15.4. The van der Waals surface area contributed by atoms with Crippen molar-refractivity contribution in [3.63, 3.8) is 0 Å². The van der Waals surface area contributed by atoms with Crippen molar-refractivity contribution in [2.75, 3.05) is 12.1 Å². The van der Waals surface area contributed by atoms with Crippen molar-refractivity contribution in [2.45, 2.75) is 64.8 Å². The lowest BCUT2D eigenvalue weighted by Gasteiger charge is -2.33. The topological polar surface area (TPSA) is 53.0 Å². The van der Waals surface area contributed by atoms with E-state index in [2.05, 4.69) is 5.10 Å². The van der Waals surface area contributed by atoms with Crippen molar-refractivity contribution in [3.05, 3.63) is 29.3 Å². The molecule has 3 rings (SSSR count). The Kier molecular flexibility index (Phi) is 5.21. The van der Waals surface area contributed by atoms with E-state index in [1.165, 1.54) is 24.3 Å². The summed E-state index contributed by atoms with van der Waals surface area (Å²) in [5, 5.41) is 5.88. The van der Waals surface area contributed by atoms with Gasteiger partial charge in [-0.1, -0.05) is 31.4 Å². The first-order valence-corrected chi connectivity index (χ1v) is 9.22. The molecule has 1 aliphatic carbocycles. The molecule has 0 unspecified atom stereocenters. The fourth-order valence-electron chi connectivity index (χ4n) is 3.68. The van der Waals surface area contributed by atoms with Crippen molar-refractivity contribution in [3.8, 4) is 0 Å². The zero-order chi connectivity index (χ0) is 18.0. The van der Waals surface area contributed by atoms with Crippen molar-refractivity contribution in [2.24, 2.45) is 5.10 Å². The van der Waals surface area contributed by atoms with Crippen LogP contribution in [0.4, 0.5) is 5.69 Å². The van der Waals surface area contributed by atoms with Crippen molar-refractivity contribution in [1.82, 2.24) is 4.90 Å². The molecule has 0 radical (unpaired) electrons. The van der Waals surface area contributed by atoms with Gasteiger partial charge in [-0.05, 0) is 43.9 Å². The van der Waals surface area contributed by atoms with Crippen LogP contribution in [0.15, 0.2) is 23.3 Å². The van der Waals surface area contributed by atoms with E-state index in [9.17, 15) is 9.59 Å². The molecule has 0 bridgehead atoms. The molecular weight excluding hydrogens is 314 g/mol. The van der Waals surface area contributed by atoms with E-state index < -0.39 is 0 Å². The second-order valence-electron chi connectivity index (χ2n) is 7.25. The molecule has 5 nitrogen and oxygen atoms in total. The van der Waals surface area contributed by atoms with Crippen LogP contribution in [-0.4, -0.2) is 35.5 Å². The maximum absolute atomic E-state index is 12.9.